The molecule has 0 radical (unpaired) electrons. The lowest BCUT2D eigenvalue weighted by molar-refractivity contribution is -0.00000351. The molecule has 1 atom stereocenters. The van der Waals surface area contributed by atoms with Crippen LogP contribution in [0.25, 0.3) is 0 Å². The first-order chi connectivity index (χ1) is 5.86. The Morgan fingerprint density at radius 1 is 1.62 bits per heavy atom. The second kappa shape index (κ2) is 7.33. The third-order valence-electron chi connectivity index (χ3n) is 1.89. The summed E-state index contributed by atoms with van der Waals surface area (Å²) < 4.78 is 0. The van der Waals surface area contributed by atoms with Crippen LogP contribution in [0.2, 0.25) is 0 Å². The SMILES string of the molecule is CCC(CO)NCc1ccsc1.[Cl-]. The fourth-order valence-electron chi connectivity index (χ4n) is 0.993. The maximum Gasteiger partial charge on any atom is 0.0584 e. The summed E-state index contributed by atoms with van der Waals surface area (Å²) in [7, 11) is 0. The molecule has 0 aromatic carbocycles. The second-order valence-electron chi connectivity index (χ2n) is 2.80. The summed E-state index contributed by atoms with van der Waals surface area (Å²) in [6.07, 6.45) is 0.973. The van der Waals surface area contributed by atoms with Crippen LogP contribution in [-0.2, 0) is 6.54 Å². The predicted molar refractivity (Wildman–Crippen MR) is 52.3 cm³/mol. The molecule has 2 nitrogen and oxygen atoms in total. The summed E-state index contributed by atoms with van der Waals surface area (Å²) in [6.45, 7) is 3.16. The summed E-state index contributed by atoms with van der Waals surface area (Å²) in [6, 6.07) is 2.34. The van der Waals surface area contributed by atoms with Gasteiger partial charge in [-0.1, -0.05) is 6.92 Å². The lowest BCUT2D eigenvalue weighted by Crippen LogP contribution is -3.00. The molecular weight excluding hydrogens is 206 g/mol. The molecule has 1 aromatic rings. The molecular formula is C9H15ClNOS-. The van der Waals surface area contributed by atoms with Gasteiger partial charge in [0.25, 0.3) is 0 Å². The topological polar surface area (TPSA) is 32.3 Å². The van der Waals surface area contributed by atoms with Crippen LogP contribution in [-0.4, -0.2) is 17.8 Å². The molecule has 1 aromatic heterocycles. The lowest BCUT2D eigenvalue weighted by atomic mass is 10.2. The Morgan fingerprint density at radius 2 is 2.38 bits per heavy atom. The zero-order chi connectivity index (χ0) is 8.81. The van der Waals surface area contributed by atoms with E-state index in [2.05, 4.69) is 29.1 Å². The van der Waals surface area contributed by atoms with E-state index in [9.17, 15) is 0 Å². The standard InChI is InChI=1S/C9H15NOS.ClH/c1-2-9(6-11)10-5-8-3-4-12-7-8;/h3-4,7,9-11H,2,5-6H2,1H3;1H/p-1. The Bertz CT molecular complexity index is 199. The van der Waals surface area contributed by atoms with Crippen molar-refractivity contribution in [3.05, 3.63) is 22.4 Å². The molecule has 0 spiro atoms. The van der Waals surface area contributed by atoms with E-state index in [-0.39, 0.29) is 25.1 Å². The molecule has 13 heavy (non-hydrogen) atoms. The summed E-state index contributed by atoms with van der Waals surface area (Å²) in [5.41, 5.74) is 1.30. The van der Waals surface area contributed by atoms with Gasteiger partial charge < -0.3 is 22.8 Å². The van der Waals surface area contributed by atoms with E-state index in [0.29, 0.717) is 0 Å². The fraction of sp³-hybridized carbons (Fsp3) is 0.556. The molecule has 1 rings (SSSR count). The molecule has 2 N–H and O–H groups in total. The molecule has 0 aliphatic heterocycles. The number of aliphatic hydroxyl groups excluding tert-OH is 1. The lowest BCUT2D eigenvalue weighted by Gasteiger charge is -2.12. The molecule has 0 saturated carbocycles. The largest absolute Gasteiger partial charge is 1.00 e. The molecule has 0 amide bonds. The van der Waals surface area contributed by atoms with Crippen molar-refractivity contribution in [1.82, 2.24) is 5.32 Å². The van der Waals surface area contributed by atoms with Gasteiger partial charge in [-0.25, -0.2) is 0 Å². The van der Waals surface area contributed by atoms with Gasteiger partial charge in [0.05, 0.1) is 6.61 Å². The summed E-state index contributed by atoms with van der Waals surface area (Å²) in [4.78, 5) is 0. The molecule has 4 heteroatoms. The zero-order valence-corrected chi connectivity index (χ0v) is 9.24. The number of thiophene rings is 1. The molecule has 76 valence electrons. The highest BCUT2D eigenvalue weighted by molar-refractivity contribution is 7.07. The van der Waals surface area contributed by atoms with Crippen LogP contribution in [0, 0.1) is 0 Å². The van der Waals surface area contributed by atoms with Crippen molar-refractivity contribution in [2.45, 2.75) is 25.9 Å². The van der Waals surface area contributed by atoms with Gasteiger partial charge in [-0.2, -0.15) is 11.3 Å². The van der Waals surface area contributed by atoms with E-state index in [1.807, 2.05) is 0 Å². The summed E-state index contributed by atoms with van der Waals surface area (Å²) in [5.74, 6) is 0. The van der Waals surface area contributed by atoms with Gasteiger partial charge in [0, 0.05) is 12.6 Å². The van der Waals surface area contributed by atoms with Crippen LogP contribution in [0.3, 0.4) is 0 Å². The average molecular weight is 221 g/mol. The van der Waals surface area contributed by atoms with E-state index < -0.39 is 0 Å². The maximum atomic E-state index is 8.89. The highest BCUT2D eigenvalue weighted by atomic mass is 35.5. The van der Waals surface area contributed by atoms with Crippen molar-refractivity contribution in [3.63, 3.8) is 0 Å². The number of rotatable bonds is 5. The zero-order valence-electron chi connectivity index (χ0n) is 7.66. The van der Waals surface area contributed by atoms with E-state index in [1.54, 1.807) is 11.3 Å². The van der Waals surface area contributed by atoms with E-state index in [1.165, 1.54) is 5.56 Å². The summed E-state index contributed by atoms with van der Waals surface area (Å²) in [5, 5.41) is 16.4. The van der Waals surface area contributed by atoms with E-state index in [4.69, 9.17) is 5.11 Å². The molecule has 0 saturated heterocycles. The Balaban J connectivity index is 0.00000144. The van der Waals surface area contributed by atoms with Crippen LogP contribution < -0.4 is 17.7 Å². The second-order valence-corrected chi connectivity index (χ2v) is 3.58. The van der Waals surface area contributed by atoms with Gasteiger partial charge >= 0.3 is 0 Å². The monoisotopic (exact) mass is 220 g/mol. The van der Waals surface area contributed by atoms with Crippen molar-refractivity contribution >= 4 is 11.3 Å². The number of aliphatic hydroxyl groups is 1. The normalized spacial score (nSPS) is 12.2. The number of hydrogen-bond donors (Lipinski definition) is 2. The molecule has 0 bridgehead atoms. The average Bonchev–Trinajstić information content (AvgIpc) is 2.59. The smallest absolute Gasteiger partial charge is 0.0584 e. The van der Waals surface area contributed by atoms with Gasteiger partial charge in [-0.3, -0.25) is 0 Å². The fourth-order valence-corrected chi connectivity index (χ4v) is 1.66. The first kappa shape index (κ1) is 12.9. The van der Waals surface area contributed by atoms with Crippen molar-refractivity contribution < 1.29 is 17.5 Å². The van der Waals surface area contributed by atoms with Gasteiger partial charge in [0.2, 0.25) is 0 Å². The predicted octanol–water partition coefficient (Wildman–Crippen LogP) is -1.39. The highest BCUT2D eigenvalue weighted by Crippen LogP contribution is 2.05. The minimum atomic E-state index is 0. The Morgan fingerprint density at radius 3 is 2.85 bits per heavy atom. The van der Waals surface area contributed by atoms with Crippen molar-refractivity contribution in [2.24, 2.45) is 0 Å². The number of nitrogens with one attached hydrogen (secondary N) is 1. The summed E-state index contributed by atoms with van der Waals surface area (Å²) >= 11 is 1.70. The number of hydrogen-bond acceptors (Lipinski definition) is 3. The van der Waals surface area contributed by atoms with Gasteiger partial charge in [-0.05, 0) is 28.8 Å². The molecule has 0 fully saturated rings. The molecule has 1 unspecified atom stereocenters. The van der Waals surface area contributed by atoms with Crippen LogP contribution in [0.1, 0.15) is 18.9 Å². The highest BCUT2D eigenvalue weighted by Gasteiger charge is 2.02. The third kappa shape index (κ3) is 4.62. The van der Waals surface area contributed by atoms with Crippen molar-refractivity contribution in [3.8, 4) is 0 Å². The third-order valence-corrected chi connectivity index (χ3v) is 2.62. The molecule has 0 aliphatic rings. The maximum absolute atomic E-state index is 8.89. The van der Waals surface area contributed by atoms with Crippen molar-refractivity contribution in [1.29, 1.82) is 0 Å². The van der Waals surface area contributed by atoms with Gasteiger partial charge in [-0.15, -0.1) is 0 Å². The minimum Gasteiger partial charge on any atom is -1.00 e. The first-order valence-corrected chi connectivity index (χ1v) is 5.16. The van der Waals surface area contributed by atoms with Gasteiger partial charge in [0.1, 0.15) is 0 Å². The Kier molecular flexibility index (Phi) is 7.28. The number of halogens is 1. The Hall–Kier alpha value is -0.0900. The van der Waals surface area contributed by atoms with Crippen LogP contribution in [0.4, 0.5) is 0 Å². The first-order valence-electron chi connectivity index (χ1n) is 4.22. The van der Waals surface area contributed by atoms with Crippen LogP contribution in [0.5, 0.6) is 0 Å². The molecule has 1 heterocycles. The van der Waals surface area contributed by atoms with E-state index >= 15 is 0 Å². The Labute approximate surface area is 89.4 Å². The van der Waals surface area contributed by atoms with Crippen molar-refractivity contribution in [2.75, 3.05) is 6.61 Å². The van der Waals surface area contributed by atoms with Crippen LogP contribution in [0.15, 0.2) is 16.8 Å². The quantitative estimate of drug-likeness (QED) is 0.641. The minimum absolute atomic E-state index is 0. The van der Waals surface area contributed by atoms with Gasteiger partial charge in [0.15, 0.2) is 0 Å². The van der Waals surface area contributed by atoms with E-state index in [0.717, 1.165) is 13.0 Å². The van der Waals surface area contributed by atoms with Crippen LogP contribution >= 0.6 is 11.3 Å². The molecule has 0 aliphatic carbocycles.